The molecular formula is C24H26N4O3. The maximum Gasteiger partial charge on any atom is 0.244 e. The standard InChI is InChI=1S/C24H26N4O3/c1-16-10-12-22(31-4)21(14-16)26-24(30)15-25-23(29)13-11-20-17(2)27-28(18(20)3)19-8-6-5-7-9-19/h5-14H,15H2,1-4H3,(H,25,29)(H,26,30)/b13-11+. The summed E-state index contributed by atoms with van der Waals surface area (Å²) < 4.78 is 7.09. The number of hydrogen-bond donors (Lipinski definition) is 2. The van der Waals surface area contributed by atoms with Crippen LogP contribution in [-0.2, 0) is 9.59 Å². The van der Waals surface area contributed by atoms with Crippen molar-refractivity contribution in [2.24, 2.45) is 0 Å². The number of carbonyl (C=O) groups is 2. The molecule has 2 N–H and O–H groups in total. The van der Waals surface area contributed by atoms with E-state index < -0.39 is 0 Å². The van der Waals surface area contributed by atoms with Crippen molar-refractivity contribution in [3.8, 4) is 11.4 Å². The molecule has 0 radical (unpaired) electrons. The first-order valence-electron chi connectivity index (χ1n) is 9.91. The summed E-state index contributed by atoms with van der Waals surface area (Å²) in [6, 6.07) is 15.3. The molecular weight excluding hydrogens is 392 g/mol. The minimum absolute atomic E-state index is 0.151. The number of anilines is 1. The van der Waals surface area contributed by atoms with Crippen LogP contribution >= 0.6 is 0 Å². The Kier molecular flexibility index (Phi) is 6.87. The van der Waals surface area contributed by atoms with Crippen molar-refractivity contribution in [3.05, 3.63) is 77.1 Å². The van der Waals surface area contributed by atoms with Crippen molar-refractivity contribution in [1.29, 1.82) is 0 Å². The molecule has 31 heavy (non-hydrogen) atoms. The largest absolute Gasteiger partial charge is 0.495 e. The maximum atomic E-state index is 12.2. The van der Waals surface area contributed by atoms with E-state index in [1.807, 2.05) is 67.9 Å². The molecule has 0 aliphatic heterocycles. The van der Waals surface area contributed by atoms with Crippen LogP contribution in [0.1, 0.15) is 22.5 Å². The number of para-hydroxylation sites is 1. The number of amides is 2. The number of hydrogen-bond acceptors (Lipinski definition) is 4. The summed E-state index contributed by atoms with van der Waals surface area (Å²) in [4.78, 5) is 24.4. The number of ether oxygens (including phenoxy) is 1. The van der Waals surface area contributed by atoms with Gasteiger partial charge in [-0.3, -0.25) is 9.59 Å². The van der Waals surface area contributed by atoms with Crippen LogP contribution in [0.15, 0.2) is 54.6 Å². The van der Waals surface area contributed by atoms with Gasteiger partial charge in [0.2, 0.25) is 11.8 Å². The van der Waals surface area contributed by atoms with E-state index in [9.17, 15) is 9.59 Å². The monoisotopic (exact) mass is 418 g/mol. The van der Waals surface area contributed by atoms with Crippen LogP contribution in [0.5, 0.6) is 5.75 Å². The summed E-state index contributed by atoms with van der Waals surface area (Å²) in [5.41, 5.74) is 5.12. The third kappa shape index (κ3) is 5.39. The number of rotatable bonds is 7. The average molecular weight is 418 g/mol. The highest BCUT2D eigenvalue weighted by molar-refractivity contribution is 5.98. The molecule has 0 unspecified atom stereocenters. The van der Waals surface area contributed by atoms with E-state index in [1.165, 1.54) is 13.2 Å². The van der Waals surface area contributed by atoms with Crippen molar-refractivity contribution in [3.63, 3.8) is 0 Å². The molecule has 0 bridgehead atoms. The highest BCUT2D eigenvalue weighted by Crippen LogP contribution is 2.25. The van der Waals surface area contributed by atoms with Gasteiger partial charge in [0.05, 0.1) is 30.7 Å². The molecule has 0 atom stereocenters. The predicted octanol–water partition coefficient (Wildman–Crippen LogP) is 3.57. The van der Waals surface area contributed by atoms with E-state index in [2.05, 4.69) is 15.7 Å². The molecule has 7 nitrogen and oxygen atoms in total. The van der Waals surface area contributed by atoms with Gasteiger partial charge >= 0.3 is 0 Å². The smallest absolute Gasteiger partial charge is 0.244 e. The Morgan fingerprint density at radius 3 is 2.55 bits per heavy atom. The van der Waals surface area contributed by atoms with Crippen LogP contribution in [0.4, 0.5) is 5.69 Å². The minimum atomic E-state index is -0.363. The molecule has 2 amide bonds. The number of benzene rings is 2. The Morgan fingerprint density at radius 2 is 1.84 bits per heavy atom. The Hall–Kier alpha value is -3.87. The summed E-state index contributed by atoms with van der Waals surface area (Å²) in [7, 11) is 1.54. The minimum Gasteiger partial charge on any atom is -0.495 e. The van der Waals surface area contributed by atoms with E-state index in [4.69, 9.17) is 4.74 Å². The normalized spacial score (nSPS) is 10.8. The van der Waals surface area contributed by atoms with Crippen molar-refractivity contribution < 1.29 is 14.3 Å². The Labute approximate surface area is 181 Å². The number of aryl methyl sites for hydroxylation is 2. The van der Waals surface area contributed by atoms with Gasteiger partial charge in [-0.25, -0.2) is 4.68 Å². The fraction of sp³-hybridized carbons (Fsp3) is 0.208. The zero-order valence-corrected chi connectivity index (χ0v) is 18.1. The second-order valence-corrected chi connectivity index (χ2v) is 7.13. The van der Waals surface area contributed by atoms with Crippen LogP contribution in [0.25, 0.3) is 11.8 Å². The van der Waals surface area contributed by atoms with E-state index in [0.717, 1.165) is 28.2 Å². The summed E-state index contributed by atoms with van der Waals surface area (Å²) in [5, 5.41) is 9.91. The lowest BCUT2D eigenvalue weighted by molar-refractivity contribution is -0.121. The van der Waals surface area contributed by atoms with Crippen LogP contribution in [0.2, 0.25) is 0 Å². The third-order valence-corrected chi connectivity index (χ3v) is 4.80. The van der Waals surface area contributed by atoms with Crippen LogP contribution in [-0.4, -0.2) is 35.2 Å². The maximum absolute atomic E-state index is 12.2. The van der Waals surface area contributed by atoms with E-state index in [0.29, 0.717) is 11.4 Å². The highest BCUT2D eigenvalue weighted by atomic mass is 16.5. The Bertz CT molecular complexity index is 1120. The number of carbonyl (C=O) groups excluding carboxylic acids is 2. The lowest BCUT2D eigenvalue weighted by Crippen LogP contribution is -2.31. The van der Waals surface area contributed by atoms with Crippen molar-refractivity contribution in [2.45, 2.75) is 20.8 Å². The topological polar surface area (TPSA) is 85.2 Å². The first kappa shape index (κ1) is 21.8. The molecule has 7 heteroatoms. The number of nitrogens with one attached hydrogen (secondary N) is 2. The van der Waals surface area contributed by atoms with Crippen molar-refractivity contribution >= 4 is 23.6 Å². The van der Waals surface area contributed by atoms with Gasteiger partial charge < -0.3 is 15.4 Å². The molecule has 0 saturated carbocycles. The lowest BCUT2D eigenvalue weighted by atomic mass is 10.2. The van der Waals surface area contributed by atoms with E-state index >= 15 is 0 Å². The van der Waals surface area contributed by atoms with E-state index in [1.54, 1.807) is 12.1 Å². The SMILES string of the molecule is COc1ccc(C)cc1NC(=O)CNC(=O)/C=C/c1c(C)nn(-c2ccccc2)c1C. The molecule has 0 aliphatic rings. The van der Waals surface area contributed by atoms with Crippen LogP contribution in [0, 0.1) is 20.8 Å². The Balaban J connectivity index is 1.61. The van der Waals surface area contributed by atoms with Gasteiger partial charge in [-0.05, 0) is 56.7 Å². The molecule has 0 fully saturated rings. The van der Waals surface area contributed by atoms with Crippen LogP contribution in [0.3, 0.4) is 0 Å². The second-order valence-electron chi connectivity index (χ2n) is 7.13. The summed E-state index contributed by atoms with van der Waals surface area (Å²) in [6.45, 7) is 5.62. The summed E-state index contributed by atoms with van der Waals surface area (Å²) >= 11 is 0. The second kappa shape index (κ2) is 9.75. The van der Waals surface area contributed by atoms with Gasteiger partial charge in [-0.15, -0.1) is 0 Å². The lowest BCUT2D eigenvalue weighted by Gasteiger charge is -2.11. The fourth-order valence-corrected chi connectivity index (χ4v) is 3.22. The van der Waals surface area contributed by atoms with Crippen molar-refractivity contribution in [2.75, 3.05) is 19.0 Å². The van der Waals surface area contributed by atoms with Gasteiger partial charge in [-0.1, -0.05) is 24.3 Å². The summed E-state index contributed by atoms with van der Waals surface area (Å²) in [6.07, 6.45) is 3.13. The molecule has 3 rings (SSSR count). The van der Waals surface area contributed by atoms with Crippen molar-refractivity contribution in [1.82, 2.24) is 15.1 Å². The van der Waals surface area contributed by atoms with Gasteiger partial charge in [0.1, 0.15) is 5.75 Å². The van der Waals surface area contributed by atoms with Crippen LogP contribution < -0.4 is 15.4 Å². The quantitative estimate of drug-likeness (QED) is 0.575. The average Bonchev–Trinajstić information content (AvgIpc) is 3.05. The van der Waals surface area contributed by atoms with Gasteiger partial charge in [0.25, 0.3) is 0 Å². The van der Waals surface area contributed by atoms with Gasteiger partial charge in [0, 0.05) is 17.3 Å². The number of methoxy groups -OCH3 is 1. The molecule has 0 saturated heterocycles. The third-order valence-electron chi connectivity index (χ3n) is 4.80. The molecule has 160 valence electrons. The molecule has 1 aromatic heterocycles. The Morgan fingerprint density at radius 1 is 1.10 bits per heavy atom. The fourth-order valence-electron chi connectivity index (χ4n) is 3.22. The van der Waals surface area contributed by atoms with E-state index in [-0.39, 0.29) is 18.4 Å². The molecule has 3 aromatic rings. The zero-order chi connectivity index (χ0) is 22.4. The number of aromatic nitrogens is 2. The number of nitrogens with zero attached hydrogens (tertiary/aromatic N) is 2. The predicted molar refractivity (Wildman–Crippen MR) is 121 cm³/mol. The van der Waals surface area contributed by atoms with Gasteiger partial charge in [0.15, 0.2) is 0 Å². The first-order valence-corrected chi connectivity index (χ1v) is 9.91. The molecule has 0 aliphatic carbocycles. The first-order chi connectivity index (χ1) is 14.9. The zero-order valence-electron chi connectivity index (χ0n) is 18.1. The molecule has 1 heterocycles. The highest BCUT2D eigenvalue weighted by Gasteiger charge is 2.12. The molecule has 2 aromatic carbocycles. The van der Waals surface area contributed by atoms with Gasteiger partial charge in [-0.2, -0.15) is 5.10 Å². The molecule has 0 spiro atoms. The summed E-state index contributed by atoms with van der Waals surface area (Å²) in [5.74, 6) is -0.140.